The van der Waals surface area contributed by atoms with Gasteiger partial charge in [-0.2, -0.15) is 0 Å². The number of rotatable bonds is 11. The lowest BCUT2D eigenvalue weighted by Gasteiger charge is -1.96. The van der Waals surface area contributed by atoms with Gasteiger partial charge < -0.3 is 0 Å². The van der Waals surface area contributed by atoms with Crippen LogP contribution < -0.4 is 0 Å². The normalized spacial score (nSPS) is 11.9. The first-order valence-corrected chi connectivity index (χ1v) is 8.32. The van der Waals surface area contributed by atoms with Gasteiger partial charge in [-0.15, -0.1) is 0 Å². The molecule has 0 aromatic rings. The van der Waals surface area contributed by atoms with E-state index in [0.29, 0.717) is 0 Å². The SMILES string of the molecule is CCCC/C=C/C=C\CCCCCCCI. The molecule has 0 nitrogen and oxygen atoms in total. The largest absolute Gasteiger partial charge is 0.0864 e. The van der Waals surface area contributed by atoms with Crippen molar-refractivity contribution in [1.29, 1.82) is 0 Å². The fourth-order valence-corrected chi connectivity index (χ4v) is 2.10. The number of hydrogen-bond donors (Lipinski definition) is 0. The number of unbranched alkanes of at least 4 members (excludes halogenated alkanes) is 7. The topological polar surface area (TPSA) is 0 Å². The third-order valence-corrected chi connectivity index (χ3v) is 3.37. The molecule has 0 amide bonds. The Hall–Kier alpha value is 0.210. The Kier molecular flexibility index (Phi) is 15.4. The highest BCUT2D eigenvalue weighted by Crippen LogP contribution is 2.07. The highest BCUT2D eigenvalue weighted by Gasteiger charge is 1.87. The number of halogens is 1. The molecule has 0 spiro atoms. The van der Waals surface area contributed by atoms with E-state index in [4.69, 9.17) is 0 Å². The lowest BCUT2D eigenvalue weighted by Crippen LogP contribution is -1.78. The van der Waals surface area contributed by atoms with Crippen LogP contribution in [-0.2, 0) is 0 Å². The zero-order valence-electron chi connectivity index (χ0n) is 10.8. The van der Waals surface area contributed by atoms with Crippen molar-refractivity contribution in [2.75, 3.05) is 4.43 Å². The van der Waals surface area contributed by atoms with Crippen LogP contribution in [-0.4, -0.2) is 4.43 Å². The lowest BCUT2D eigenvalue weighted by molar-refractivity contribution is 0.642. The summed E-state index contributed by atoms with van der Waals surface area (Å²) in [5, 5.41) is 0. The molecule has 0 bridgehead atoms. The summed E-state index contributed by atoms with van der Waals surface area (Å²) in [5.74, 6) is 0. The molecular formula is C15H27I. The predicted octanol–water partition coefficient (Wildman–Crippen LogP) is 6.06. The van der Waals surface area contributed by atoms with Crippen molar-refractivity contribution < 1.29 is 0 Å². The summed E-state index contributed by atoms with van der Waals surface area (Å²) in [6.07, 6.45) is 21.1. The molecule has 0 radical (unpaired) electrons. The summed E-state index contributed by atoms with van der Waals surface area (Å²) in [4.78, 5) is 0. The average molecular weight is 334 g/mol. The molecule has 0 rings (SSSR count). The van der Waals surface area contributed by atoms with Gasteiger partial charge in [0.1, 0.15) is 0 Å². The van der Waals surface area contributed by atoms with Crippen molar-refractivity contribution in [3.05, 3.63) is 24.3 Å². The lowest BCUT2D eigenvalue weighted by atomic mass is 10.1. The molecule has 0 unspecified atom stereocenters. The predicted molar refractivity (Wildman–Crippen MR) is 84.4 cm³/mol. The summed E-state index contributed by atoms with van der Waals surface area (Å²) in [6.45, 7) is 2.24. The van der Waals surface area contributed by atoms with E-state index in [1.165, 1.54) is 62.2 Å². The van der Waals surface area contributed by atoms with Crippen LogP contribution in [0.1, 0.15) is 64.7 Å². The molecule has 0 saturated carbocycles. The average Bonchev–Trinajstić information content (AvgIpc) is 2.31. The zero-order valence-corrected chi connectivity index (χ0v) is 12.9. The Labute approximate surface area is 116 Å². The number of alkyl halides is 1. The minimum atomic E-state index is 1.23. The standard InChI is InChI=1S/C15H27I/c1-2-3-4-5-6-7-8-9-10-11-12-13-14-15-16/h5-8H,2-4,9-15H2,1H3/b6-5+,8-7-. The molecule has 0 saturated heterocycles. The molecule has 0 fully saturated rings. The third-order valence-electron chi connectivity index (χ3n) is 2.61. The van der Waals surface area contributed by atoms with Crippen molar-refractivity contribution in [2.24, 2.45) is 0 Å². The Morgan fingerprint density at radius 3 is 1.94 bits per heavy atom. The smallest absolute Gasteiger partial charge is 0.000473 e. The quantitative estimate of drug-likeness (QED) is 0.186. The molecule has 0 heterocycles. The molecule has 0 N–H and O–H groups in total. The Balaban J connectivity index is 3.12. The van der Waals surface area contributed by atoms with Crippen molar-refractivity contribution >= 4 is 22.6 Å². The van der Waals surface area contributed by atoms with E-state index in [1.807, 2.05) is 0 Å². The summed E-state index contributed by atoms with van der Waals surface area (Å²) in [7, 11) is 0. The molecule has 1 heteroatoms. The monoisotopic (exact) mass is 334 g/mol. The van der Waals surface area contributed by atoms with Crippen LogP contribution in [0.25, 0.3) is 0 Å². The Bertz CT molecular complexity index is 170. The molecule has 0 atom stereocenters. The molecule has 0 aliphatic heterocycles. The van der Waals surface area contributed by atoms with Crippen LogP contribution in [0.4, 0.5) is 0 Å². The van der Waals surface area contributed by atoms with Crippen LogP contribution in [0.3, 0.4) is 0 Å². The first-order chi connectivity index (χ1) is 7.91. The van der Waals surface area contributed by atoms with Crippen molar-refractivity contribution in [2.45, 2.75) is 64.7 Å². The summed E-state index contributed by atoms with van der Waals surface area (Å²) in [5.41, 5.74) is 0. The number of allylic oxidation sites excluding steroid dienone is 4. The maximum atomic E-state index is 2.46. The fraction of sp³-hybridized carbons (Fsp3) is 0.733. The Morgan fingerprint density at radius 2 is 1.31 bits per heavy atom. The zero-order chi connectivity index (χ0) is 11.9. The molecule has 0 aliphatic carbocycles. The summed E-state index contributed by atoms with van der Waals surface area (Å²) >= 11 is 2.46. The van der Waals surface area contributed by atoms with E-state index >= 15 is 0 Å². The van der Waals surface area contributed by atoms with Crippen molar-refractivity contribution in [3.8, 4) is 0 Å². The van der Waals surface area contributed by atoms with Gasteiger partial charge in [0.25, 0.3) is 0 Å². The van der Waals surface area contributed by atoms with Gasteiger partial charge in [0, 0.05) is 0 Å². The summed E-state index contributed by atoms with van der Waals surface area (Å²) in [6, 6.07) is 0. The van der Waals surface area contributed by atoms with E-state index < -0.39 is 0 Å². The van der Waals surface area contributed by atoms with Crippen molar-refractivity contribution in [1.82, 2.24) is 0 Å². The molecule has 94 valence electrons. The second-order valence-corrected chi connectivity index (χ2v) is 5.32. The highest BCUT2D eigenvalue weighted by molar-refractivity contribution is 14.1. The van der Waals surface area contributed by atoms with Gasteiger partial charge in [-0.25, -0.2) is 0 Å². The second-order valence-electron chi connectivity index (χ2n) is 4.24. The van der Waals surface area contributed by atoms with E-state index in [1.54, 1.807) is 0 Å². The van der Waals surface area contributed by atoms with Gasteiger partial charge in [0.15, 0.2) is 0 Å². The fourth-order valence-electron chi connectivity index (χ4n) is 1.56. The number of hydrogen-bond acceptors (Lipinski definition) is 0. The first kappa shape index (κ1) is 16.2. The minimum Gasteiger partial charge on any atom is -0.0864 e. The van der Waals surface area contributed by atoms with Gasteiger partial charge in [-0.3, -0.25) is 0 Å². The van der Waals surface area contributed by atoms with Gasteiger partial charge in [-0.1, -0.05) is 85.9 Å². The summed E-state index contributed by atoms with van der Waals surface area (Å²) < 4.78 is 1.32. The van der Waals surface area contributed by atoms with E-state index in [-0.39, 0.29) is 0 Å². The van der Waals surface area contributed by atoms with Gasteiger partial charge >= 0.3 is 0 Å². The first-order valence-electron chi connectivity index (χ1n) is 6.79. The maximum absolute atomic E-state index is 2.46. The van der Waals surface area contributed by atoms with Gasteiger partial charge in [-0.05, 0) is 30.1 Å². The van der Waals surface area contributed by atoms with Crippen LogP contribution in [0, 0.1) is 0 Å². The minimum absolute atomic E-state index is 1.23. The van der Waals surface area contributed by atoms with Crippen LogP contribution in [0.2, 0.25) is 0 Å². The van der Waals surface area contributed by atoms with Crippen molar-refractivity contribution in [3.63, 3.8) is 0 Å². The molecule has 0 aromatic heterocycles. The van der Waals surface area contributed by atoms with Gasteiger partial charge in [0.05, 0.1) is 0 Å². The maximum Gasteiger partial charge on any atom is -0.000473 e. The van der Waals surface area contributed by atoms with Gasteiger partial charge in [0.2, 0.25) is 0 Å². The molecular weight excluding hydrogens is 307 g/mol. The van der Waals surface area contributed by atoms with Crippen LogP contribution >= 0.6 is 22.6 Å². The van der Waals surface area contributed by atoms with Crippen LogP contribution in [0.15, 0.2) is 24.3 Å². The molecule has 16 heavy (non-hydrogen) atoms. The highest BCUT2D eigenvalue weighted by atomic mass is 127. The second kappa shape index (κ2) is 15.2. The van der Waals surface area contributed by atoms with E-state index in [2.05, 4.69) is 53.8 Å². The molecule has 0 aromatic carbocycles. The van der Waals surface area contributed by atoms with E-state index in [0.717, 1.165) is 0 Å². The Morgan fingerprint density at radius 1 is 0.750 bits per heavy atom. The molecule has 0 aliphatic rings. The van der Waals surface area contributed by atoms with Crippen LogP contribution in [0.5, 0.6) is 0 Å². The third kappa shape index (κ3) is 14.2. The van der Waals surface area contributed by atoms with E-state index in [9.17, 15) is 0 Å².